The first-order valence-electron chi connectivity index (χ1n) is 8.15. The van der Waals surface area contributed by atoms with Crippen molar-refractivity contribution in [3.8, 4) is 0 Å². The molecule has 0 aromatic heterocycles. The average molecular weight is 352 g/mol. The van der Waals surface area contributed by atoms with Crippen LogP contribution in [-0.4, -0.2) is 23.2 Å². The fraction of sp³-hybridized carbons (Fsp3) is 0.150. The van der Waals surface area contributed by atoms with Gasteiger partial charge in [0.15, 0.2) is 0 Å². The molecule has 1 fully saturated rings. The van der Waals surface area contributed by atoms with E-state index in [9.17, 15) is 9.18 Å². The van der Waals surface area contributed by atoms with Crippen molar-refractivity contribution in [3.05, 3.63) is 78.1 Å². The number of benzene rings is 3. The van der Waals surface area contributed by atoms with Crippen LogP contribution in [0.3, 0.4) is 0 Å². The SMILES string of the molecule is O=C(Nc1cccc2ccccc12)N1CCSC1c1cccc(F)c1. The maximum atomic E-state index is 13.5. The van der Waals surface area contributed by atoms with E-state index in [1.54, 1.807) is 22.7 Å². The number of thioether (sulfide) groups is 1. The summed E-state index contributed by atoms with van der Waals surface area (Å²) in [6.45, 7) is 0.641. The van der Waals surface area contributed by atoms with Crippen molar-refractivity contribution >= 4 is 34.3 Å². The molecule has 1 unspecified atom stereocenters. The van der Waals surface area contributed by atoms with Crippen LogP contribution >= 0.6 is 11.8 Å². The maximum Gasteiger partial charge on any atom is 0.323 e. The highest BCUT2D eigenvalue weighted by Crippen LogP contribution is 2.38. The molecule has 0 bridgehead atoms. The summed E-state index contributed by atoms with van der Waals surface area (Å²) in [5.41, 5.74) is 1.61. The molecule has 0 spiro atoms. The molecule has 1 aliphatic rings. The van der Waals surface area contributed by atoms with E-state index in [4.69, 9.17) is 0 Å². The number of nitrogens with one attached hydrogen (secondary N) is 1. The fourth-order valence-corrected chi connectivity index (χ4v) is 4.38. The van der Waals surface area contributed by atoms with Crippen LogP contribution < -0.4 is 5.32 Å². The molecule has 126 valence electrons. The summed E-state index contributed by atoms with van der Waals surface area (Å²) in [7, 11) is 0. The zero-order valence-corrected chi connectivity index (χ0v) is 14.3. The molecule has 5 heteroatoms. The van der Waals surface area contributed by atoms with E-state index >= 15 is 0 Å². The minimum Gasteiger partial charge on any atom is -0.308 e. The van der Waals surface area contributed by atoms with Gasteiger partial charge in [-0.05, 0) is 29.1 Å². The Morgan fingerprint density at radius 1 is 1.08 bits per heavy atom. The molecule has 0 saturated carbocycles. The van der Waals surface area contributed by atoms with E-state index < -0.39 is 0 Å². The maximum absolute atomic E-state index is 13.5. The summed E-state index contributed by atoms with van der Waals surface area (Å²) in [5.74, 6) is 0.559. The van der Waals surface area contributed by atoms with Crippen LogP contribution in [0.2, 0.25) is 0 Å². The third kappa shape index (κ3) is 3.20. The highest BCUT2D eigenvalue weighted by Gasteiger charge is 2.31. The van der Waals surface area contributed by atoms with Crippen molar-refractivity contribution in [1.82, 2.24) is 4.90 Å². The summed E-state index contributed by atoms with van der Waals surface area (Å²) in [6, 6.07) is 20.1. The van der Waals surface area contributed by atoms with Gasteiger partial charge in [-0.25, -0.2) is 9.18 Å². The van der Waals surface area contributed by atoms with Crippen LogP contribution in [0, 0.1) is 5.82 Å². The molecule has 1 heterocycles. The third-order valence-corrected chi connectivity index (χ3v) is 5.58. The number of halogens is 1. The van der Waals surface area contributed by atoms with Gasteiger partial charge in [0.1, 0.15) is 11.2 Å². The monoisotopic (exact) mass is 352 g/mol. The summed E-state index contributed by atoms with van der Waals surface area (Å²) in [6.07, 6.45) is 0. The minimum absolute atomic E-state index is 0.157. The van der Waals surface area contributed by atoms with Crippen LogP contribution in [0.4, 0.5) is 14.9 Å². The second kappa shape index (κ2) is 6.76. The number of hydrogen-bond acceptors (Lipinski definition) is 2. The van der Waals surface area contributed by atoms with Crippen LogP contribution in [0.15, 0.2) is 66.7 Å². The largest absolute Gasteiger partial charge is 0.323 e. The van der Waals surface area contributed by atoms with Crippen molar-refractivity contribution in [1.29, 1.82) is 0 Å². The van der Waals surface area contributed by atoms with Gasteiger partial charge >= 0.3 is 6.03 Å². The standard InChI is InChI=1S/C20H17FN2OS/c21-16-8-3-7-15(13-16)19-23(11-12-25-19)20(24)22-18-10-4-6-14-5-1-2-9-17(14)18/h1-10,13,19H,11-12H2,(H,22,24). The Bertz CT molecular complexity index is 925. The highest BCUT2D eigenvalue weighted by molar-refractivity contribution is 7.99. The van der Waals surface area contributed by atoms with Gasteiger partial charge in [0, 0.05) is 17.7 Å². The van der Waals surface area contributed by atoms with Crippen molar-refractivity contribution in [2.45, 2.75) is 5.37 Å². The molecule has 4 rings (SSSR count). The molecule has 3 aromatic rings. The Labute approximate surface area is 149 Å². The van der Waals surface area contributed by atoms with E-state index in [2.05, 4.69) is 5.32 Å². The lowest BCUT2D eigenvalue weighted by Gasteiger charge is -2.24. The Morgan fingerprint density at radius 2 is 1.88 bits per heavy atom. The van der Waals surface area contributed by atoms with Crippen molar-refractivity contribution < 1.29 is 9.18 Å². The van der Waals surface area contributed by atoms with Gasteiger partial charge in [-0.3, -0.25) is 0 Å². The lowest BCUT2D eigenvalue weighted by atomic mass is 10.1. The number of anilines is 1. The minimum atomic E-state index is -0.278. The van der Waals surface area contributed by atoms with E-state index in [-0.39, 0.29) is 17.2 Å². The molecular formula is C20H17FN2OS. The van der Waals surface area contributed by atoms with Gasteiger partial charge in [0.25, 0.3) is 0 Å². The zero-order valence-electron chi connectivity index (χ0n) is 13.5. The van der Waals surface area contributed by atoms with Gasteiger partial charge in [-0.15, -0.1) is 11.8 Å². The second-order valence-corrected chi connectivity index (χ2v) is 7.12. The number of rotatable bonds is 2. The number of nitrogens with zero attached hydrogens (tertiary/aromatic N) is 1. The van der Waals surface area contributed by atoms with Crippen molar-refractivity contribution in [2.24, 2.45) is 0 Å². The number of carbonyl (C=O) groups is 1. The molecule has 2 amide bonds. The Kier molecular flexibility index (Phi) is 4.32. The molecule has 25 heavy (non-hydrogen) atoms. The number of fused-ring (bicyclic) bond motifs is 1. The third-order valence-electron chi connectivity index (χ3n) is 4.32. The quantitative estimate of drug-likeness (QED) is 0.682. The summed E-state index contributed by atoms with van der Waals surface area (Å²) < 4.78 is 13.5. The predicted molar refractivity (Wildman–Crippen MR) is 101 cm³/mol. The van der Waals surface area contributed by atoms with Crippen LogP contribution in [0.5, 0.6) is 0 Å². The first-order valence-corrected chi connectivity index (χ1v) is 9.20. The number of hydrogen-bond donors (Lipinski definition) is 1. The second-order valence-electron chi connectivity index (χ2n) is 5.93. The molecule has 0 radical (unpaired) electrons. The smallest absolute Gasteiger partial charge is 0.308 e. The molecule has 1 N–H and O–H groups in total. The van der Waals surface area contributed by atoms with Gasteiger partial charge in [-0.1, -0.05) is 48.5 Å². The van der Waals surface area contributed by atoms with E-state index in [0.29, 0.717) is 6.54 Å². The summed E-state index contributed by atoms with van der Waals surface area (Å²) in [5, 5.41) is 4.95. The lowest BCUT2D eigenvalue weighted by molar-refractivity contribution is 0.214. The van der Waals surface area contributed by atoms with Crippen molar-refractivity contribution in [3.63, 3.8) is 0 Å². The molecule has 1 atom stereocenters. The molecule has 3 nitrogen and oxygen atoms in total. The molecule has 0 aliphatic carbocycles. The first kappa shape index (κ1) is 16.0. The lowest BCUT2D eigenvalue weighted by Crippen LogP contribution is -2.34. The first-order chi connectivity index (χ1) is 12.2. The number of urea groups is 1. The van der Waals surface area contributed by atoms with Gasteiger partial charge < -0.3 is 10.2 Å². The normalized spacial score (nSPS) is 17.0. The van der Waals surface area contributed by atoms with Gasteiger partial charge in [0.05, 0.1) is 5.69 Å². The predicted octanol–water partition coefficient (Wildman–Crippen LogP) is 5.26. The molecular weight excluding hydrogens is 335 g/mol. The van der Waals surface area contributed by atoms with Crippen molar-refractivity contribution in [2.75, 3.05) is 17.6 Å². The van der Waals surface area contributed by atoms with E-state index in [1.165, 1.54) is 12.1 Å². The molecule has 1 saturated heterocycles. The Morgan fingerprint density at radius 3 is 2.76 bits per heavy atom. The number of amides is 2. The summed E-state index contributed by atoms with van der Waals surface area (Å²) >= 11 is 1.65. The van der Waals surface area contributed by atoms with Crippen LogP contribution in [0.25, 0.3) is 10.8 Å². The van der Waals surface area contributed by atoms with Gasteiger partial charge in [0.2, 0.25) is 0 Å². The average Bonchev–Trinajstić information content (AvgIpc) is 3.12. The zero-order chi connectivity index (χ0) is 17.2. The van der Waals surface area contributed by atoms with E-state index in [1.807, 2.05) is 48.5 Å². The Balaban J connectivity index is 1.59. The fourth-order valence-electron chi connectivity index (χ4n) is 3.14. The summed E-state index contributed by atoms with van der Waals surface area (Å²) in [4.78, 5) is 14.6. The molecule has 3 aromatic carbocycles. The van der Waals surface area contributed by atoms with Crippen LogP contribution in [0.1, 0.15) is 10.9 Å². The molecule has 1 aliphatic heterocycles. The van der Waals surface area contributed by atoms with E-state index in [0.717, 1.165) is 27.8 Å². The Hall–Kier alpha value is -2.53. The number of carbonyl (C=O) groups excluding carboxylic acids is 1. The topological polar surface area (TPSA) is 32.3 Å². The van der Waals surface area contributed by atoms with Gasteiger partial charge in [-0.2, -0.15) is 0 Å². The van der Waals surface area contributed by atoms with Crippen LogP contribution in [-0.2, 0) is 0 Å². The highest BCUT2D eigenvalue weighted by atomic mass is 32.2.